The molecule has 21 heavy (non-hydrogen) atoms. The highest BCUT2D eigenvalue weighted by molar-refractivity contribution is 7.15. The number of hydrogen-bond acceptors (Lipinski definition) is 6. The van der Waals surface area contributed by atoms with Crippen LogP contribution >= 0.6 is 11.3 Å². The number of anilines is 1. The van der Waals surface area contributed by atoms with E-state index in [0.29, 0.717) is 35.6 Å². The van der Waals surface area contributed by atoms with E-state index in [4.69, 9.17) is 4.74 Å². The van der Waals surface area contributed by atoms with Crippen molar-refractivity contribution >= 4 is 16.5 Å². The molecule has 0 spiro atoms. The molecule has 0 N–H and O–H groups in total. The molecule has 2 aliphatic rings. The van der Waals surface area contributed by atoms with Gasteiger partial charge in [-0.1, -0.05) is 11.3 Å². The van der Waals surface area contributed by atoms with Crippen molar-refractivity contribution < 1.29 is 17.9 Å². The average molecular weight is 322 g/mol. The normalized spacial score (nSPS) is 22.7. The summed E-state index contributed by atoms with van der Waals surface area (Å²) < 4.78 is 43.0. The minimum atomic E-state index is -4.40. The summed E-state index contributed by atoms with van der Waals surface area (Å²) in [5, 5.41) is 6.42. The molecule has 2 saturated heterocycles. The first kappa shape index (κ1) is 15.0. The molecule has 2 fully saturated rings. The molecule has 0 aliphatic carbocycles. The number of alkyl halides is 3. The molecule has 3 heterocycles. The first-order valence-electron chi connectivity index (χ1n) is 7.01. The van der Waals surface area contributed by atoms with E-state index in [1.54, 1.807) is 0 Å². The van der Waals surface area contributed by atoms with Gasteiger partial charge in [-0.2, -0.15) is 13.2 Å². The lowest BCUT2D eigenvalue weighted by molar-refractivity contribution is -0.138. The molecule has 0 amide bonds. The van der Waals surface area contributed by atoms with Crippen LogP contribution in [0.5, 0.6) is 0 Å². The van der Waals surface area contributed by atoms with E-state index in [1.807, 2.05) is 4.90 Å². The standard InChI is InChI=1S/C12H17F3N4OS/c13-12(14,15)10-16-17-11(21-10)19-5-3-18(4-6-19)9-1-7-20-8-2-9/h9H,1-8H2. The molecule has 1 aromatic rings. The molecule has 2 aliphatic heterocycles. The molecule has 0 bridgehead atoms. The summed E-state index contributed by atoms with van der Waals surface area (Å²) in [7, 11) is 0. The van der Waals surface area contributed by atoms with E-state index >= 15 is 0 Å². The minimum Gasteiger partial charge on any atom is -0.381 e. The third-order valence-corrected chi connectivity index (χ3v) is 4.98. The number of aromatic nitrogens is 2. The van der Waals surface area contributed by atoms with Crippen LogP contribution < -0.4 is 4.90 Å². The SMILES string of the molecule is FC(F)(F)c1nnc(N2CCN(C3CCOCC3)CC2)s1. The van der Waals surface area contributed by atoms with Crippen LogP contribution in [0.1, 0.15) is 17.8 Å². The molecule has 5 nitrogen and oxygen atoms in total. The fourth-order valence-electron chi connectivity index (χ4n) is 2.79. The molecule has 0 unspecified atom stereocenters. The number of rotatable bonds is 2. The van der Waals surface area contributed by atoms with E-state index in [1.165, 1.54) is 0 Å². The average Bonchev–Trinajstić information content (AvgIpc) is 2.98. The molecule has 9 heteroatoms. The zero-order valence-corrected chi connectivity index (χ0v) is 12.3. The molecule has 0 radical (unpaired) electrons. The maximum absolute atomic E-state index is 12.5. The quantitative estimate of drug-likeness (QED) is 0.831. The van der Waals surface area contributed by atoms with E-state index in [9.17, 15) is 13.2 Å². The molecule has 0 aromatic carbocycles. The van der Waals surface area contributed by atoms with Crippen LogP contribution in [-0.4, -0.2) is 60.5 Å². The van der Waals surface area contributed by atoms with Crippen molar-refractivity contribution in [2.75, 3.05) is 44.3 Å². The maximum Gasteiger partial charge on any atom is 0.445 e. The Morgan fingerprint density at radius 1 is 1.05 bits per heavy atom. The molecule has 0 atom stereocenters. The number of nitrogens with zero attached hydrogens (tertiary/aromatic N) is 4. The summed E-state index contributed by atoms with van der Waals surface area (Å²) in [5.41, 5.74) is 0. The smallest absolute Gasteiger partial charge is 0.381 e. The Hall–Kier alpha value is -0.930. The van der Waals surface area contributed by atoms with Gasteiger partial charge in [0.2, 0.25) is 10.1 Å². The maximum atomic E-state index is 12.5. The van der Waals surface area contributed by atoms with Crippen molar-refractivity contribution in [1.82, 2.24) is 15.1 Å². The van der Waals surface area contributed by atoms with Gasteiger partial charge in [-0.3, -0.25) is 4.90 Å². The Labute approximate surface area is 124 Å². The van der Waals surface area contributed by atoms with E-state index in [-0.39, 0.29) is 0 Å². The Morgan fingerprint density at radius 2 is 1.71 bits per heavy atom. The predicted molar refractivity (Wildman–Crippen MR) is 72.5 cm³/mol. The second-order valence-corrected chi connectivity index (χ2v) is 6.21. The van der Waals surface area contributed by atoms with Gasteiger partial charge >= 0.3 is 6.18 Å². The van der Waals surface area contributed by atoms with Gasteiger partial charge in [0.15, 0.2) is 0 Å². The topological polar surface area (TPSA) is 41.5 Å². The van der Waals surface area contributed by atoms with E-state index in [0.717, 1.165) is 39.1 Å². The van der Waals surface area contributed by atoms with Crippen LogP contribution in [0.4, 0.5) is 18.3 Å². The molecular formula is C12H17F3N4OS. The highest BCUT2D eigenvalue weighted by Gasteiger charge is 2.36. The summed E-state index contributed by atoms with van der Waals surface area (Å²) in [6.45, 7) is 4.71. The van der Waals surface area contributed by atoms with Gasteiger partial charge in [0.05, 0.1) is 0 Å². The Kier molecular flexibility index (Phi) is 4.32. The second-order valence-electron chi connectivity index (χ2n) is 5.25. The van der Waals surface area contributed by atoms with Crippen molar-refractivity contribution in [2.24, 2.45) is 0 Å². The highest BCUT2D eigenvalue weighted by Crippen LogP contribution is 2.34. The predicted octanol–water partition coefficient (Wildman–Crippen LogP) is 1.86. The third kappa shape index (κ3) is 3.46. The van der Waals surface area contributed by atoms with E-state index < -0.39 is 11.2 Å². The Balaban J connectivity index is 1.56. The lowest BCUT2D eigenvalue weighted by Crippen LogP contribution is -2.51. The van der Waals surface area contributed by atoms with Gasteiger partial charge in [0, 0.05) is 45.4 Å². The number of piperazine rings is 1. The largest absolute Gasteiger partial charge is 0.445 e. The first-order chi connectivity index (χ1) is 10.0. The number of halogens is 3. The summed E-state index contributed by atoms with van der Waals surface area (Å²) in [6, 6.07) is 0.543. The summed E-state index contributed by atoms with van der Waals surface area (Å²) in [4.78, 5) is 4.30. The molecule has 3 rings (SSSR count). The van der Waals surface area contributed by atoms with Gasteiger partial charge in [0.1, 0.15) is 0 Å². The van der Waals surface area contributed by atoms with Gasteiger partial charge in [-0.25, -0.2) is 0 Å². The van der Waals surface area contributed by atoms with Crippen LogP contribution in [0.25, 0.3) is 0 Å². The number of ether oxygens (including phenoxy) is 1. The fourth-order valence-corrected chi connectivity index (χ4v) is 3.55. The lowest BCUT2D eigenvalue weighted by Gasteiger charge is -2.40. The van der Waals surface area contributed by atoms with Crippen molar-refractivity contribution in [3.63, 3.8) is 0 Å². The summed E-state index contributed by atoms with van der Waals surface area (Å²) in [6.07, 6.45) is -2.33. The number of hydrogen-bond donors (Lipinski definition) is 0. The van der Waals surface area contributed by atoms with Crippen LogP contribution in [-0.2, 0) is 10.9 Å². The van der Waals surface area contributed by atoms with Crippen molar-refractivity contribution in [2.45, 2.75) is 25.1 Å². The summed E-state index contributed by atoms with van der Waals surface area (Å²) in [5.74, 6) is 0. The monoisotopic (exact) mass is 322 g/mol. The van der Waals surface area contributed by atoms with Crippen molar-refractivity contribution in [3.8, 4) is 0 Å². The van der Waals surface area contributed by atoms with Crippen molar-refractivity contribution in [3.05, 3.63) is 5.01 Å². The Bertz CT molecular complexity index is 467. The van der Waals surface area contributed by atoms with Crippen molar-refractivity contribution in [1.29, 1.82) is 0 Å². The van der Waals surface area contributed by atoms with Crippen LogP contribution in [0.3, 0.4) is 0 Å². The lowest BCUT2D eigenvalue weighted by atomic mass is 10.1. The third-order valence-electron chi connectivity index (χ3n) is 3.95. The summed E-state index contributed by atoms with van der Waals surface area (Å²) >= 11 is 0.623. The molecule has 1 aromatic heterocycles. The van der Waals surface area contributed by atoms with Crippen LogP contribution in [0.2, 0.25) is 0 Å². The van der Waals surface area contributed by atoms with Gasteiger partial charge in [0.25, 0.3) is 0 Å². The first-order valence-corrected chi connectivity index (χ1v) is 7.83. The van der Waals surface area contributed by atoms with Crippen LogP contribution in [0, 0.1) is 0 Å². The zero-order valence-electron chi connectivity index (χ0n) is 11.5. The minimum absolute atomic E-state index is 0.369. The van der Waals surface area contributed by atoms with Crippen LogP contribution in [0.15, 0.2) is 0 Å². The van der Waals surface area contributed by atoms with Gasteiger partial charge in [-0.05, 0) is 12.8 Å². The van der Waals surface area contributed by atoms with Gasteiger partial charge < -0.3 is 9.64 Å². The molecular weight excluding hydrogens is 305 g/mol. The second kappa shape index (κ2) is 6.05. The fraction of sp³-hybridized carbons (Fsp3) is 0.833. The van der Waals surface area contributed by atoms with Gasteiger partial charge in [-0.15, -0.1) is 10.2 Å². The zero-order chi connectivity index (χ0) is 14.9. The Morgan fingerprint density at radius 3 is 2.29 bits per heavy atom. The molecule has 118 valence electrons. The van der Waals surface area contributed by atoms with E-state index in [2.05, 4.69) is 15.1 Å². The molecule has 0 saturated carbocycles. The highest BCUT2D eigenvalue weighted by atomic mass is 32.1.